The number of amides is 1. The van der Waals surface area contributed by atoms with Crippen LogP contribution >= 0.6 is 0 Å². The predicted octanol–water partition coefficient (Wildman–Crippen LogP) is 2.63. The monoisotopic (exact) mass is 242 g/mol. The van der Waals surface area contributed by atoms with E-state index in [1.807, 2.05) is 24.4 Å². The molecule has 0 saturated heterocycles. The number of carbonyl (C=O) groups is 1. The van der Waals surface area contributed by atoms with E-state index >= 15 is 0 Å². The van der Waals surface area contributed by atoms with Gasteiger partial charge in [0.2, 0.25) is 5.91 Å². The number of nitrogens with one attached hydrogen (secondary N) is 2. The summed E-state index contributed by atoms with van der Waals surface area (Å²) in [6, 6.07) is 8.08. The van der Waals surface area contributed by atoms with Gasteiger partial charge in [-0.05, 0) is 29.9 Å². The molecule has 1 fully saturated rings. The van der Waals surface area contributed by atoms with Crippen molar-refractivity contribution in [2.45, 2.75) is 26.2 Å². The lowest BCUT2D eigenvalue weighted by atomic mass is 10.1. The maximum atomic E-state index is 11.9. The molecule has 1 saturated carbocycles. The Kier molecular flexibility index (Phi) is 2.62. The quantitative estimate of drug-likeness (QED) is 0.850. The van der Waals surface area contributed by atoms with Crippen molar-refractivity contribution >= 4 is 16.8 Å². The highest BCUT2D eigenvalue weighted by Gasteiger charge is 2.37. The first-order chi connectivity index (χ1) is 8.66. The summed E-state index contributed by atoms with van der Waals surface area (Å²) in [5.74, 6) is 0.118. The summed E-state index contributed by atoms with van der Waals surface area (Å²) in [5, 5.41) is 4.18. The fraction of sp³-hybridized carbons (Fsp3) is 0.400. The van der Waals surface area contributed by atoms with Gasteiger partial charge in [0.15, 0.2) is 0 Å². The largest absolute Gasteiger partial charge is 0.361 e. The van der Waals surface area contributed by atoms with Gasteiger partial charge in [-0.2, -0.15) is 0 Å². The Bertz CT molecular complexity index is 581. The van der Waals surface area contributed by atoms with Gasteiger partial charge >= 0.3 is 0 Å². The van der Waals surface area contributed by atoms with Gasteiger partial charge in [-0.3, -0.25) is 4.79 Å². The number of aromatic amines is 1. The third kappa shape index (κ3) is 2.26. The Morgan fingerprint density at radius 3 is 2.94 bits per heavy atom. The van der Waals surface area contributed by atoms with E-state index in [9.17, 15) is 4.79 Å². The van der Waals surface area contributed by atoms with Crippen molar-refractivity contribution in [2.75, 3.05) is 6.54 Å². The van der Waals surface area contributed by atoms with E-state index in [4.69, 9.17) is 0 Å². The normalized spacial score (nSPS) is 16.7. The number of hydrogen-bond acceptors (Lipinski definition) is 1. The van der Waals surface area contributed by atoms with Crippen LogP contribution in [0, 0.1) is 5.41 Å². The van der Waals surface area contributed by atoms with E-state index in [1.165, 1.54) is 12.8 Å². The number of fused-ring (bicyclic) bond motifs is 1. The van der Waals surface area contributed by atoms with Crippen molar-refractivity contribution in [3.63, 3.8) is 0 Å². The van der Waals surface area contributed by atoms with Crippen molar-refractivity contribution in [1.29, 1.82) is 0 Å². The maximum Gasteiger partial charge on any atom is 0.224 e. The van der Waals surface area contributed by atoms with Gasteiger partial charge in [-0.1, -0.05) is 25.1 Å². The molecule has 3 heteroatoms. The third-order valence-corrected chi connectivity index (χ3v) is 3.84. The molecule has 1 aliphatic carbocycles. The molecule has 0 spiro atoms. The van der Waals surface area contributed by atoms with Gasteiger partial charge in [-0.25, -0.2) is 0 Å². The van der Waals surface area contributed by atoms with Crippen molar-refractivity contribution in [2.24, 2.45) is 5.41 Å². The molecular formula is C15H18N2O. The predicted molar refractivity (Wildman–Crippen MR) is 72.4 cm³/mol. The second-order valence-electron chi connectivity index (χ2n) is 5.62. The van der Waals surface area contributed by atoms with E-state index in [0.717, 1.165) is 23.0 Å². The third-order valence-electron chi connectivity index (χ3n) is 3.84. The van der Waals surface area contributed by atoms with Crippen LogP contribution in [0.2, 0.25) is 0 Å². The Labute approximate surface area is 107 Å². The van der Waals surface area contributed by atoms with Crippen LogP contribution in [-0.4, -0.2) is 17.4 Å². The molecule has 0 aliphatic heterocycles. The minimum Gasteiger partial charge on any atom is -0.361 e. The zero-order chi connectivity index (χ0) is 12.6. The van der Waals surface area contributed by atoms with Gasteiger partial charge in [-0.15, -0.1) is 0 Å². The Morgan fingerprint density at radius 1 is 1.39 bits per heavy atom. The minimum atomic E-state index is 0.118. The minimum absolute atomic E-state index is 0.118. The van der Waals surface area contributed by atoms with E-state index in [0.29, 0.717) is 11.8 Å². The van der Waals surface area contributed by atoms with Crippen LogP contribution in [0.5, 0.6) is 0 Å². The second kappa shape index (κ2) is 4.16. The molecule has 0 unspecified atom stereocenters. The van der Waals surface area contributed by atoms with Crippen molar-refractivity contribution < 1.29 is 4.79 Å². The lowest BCUT2D eigenvalue weighted by Crippen LogP contribution is -2.30. The number of hydrogen-bond donors (Lipinski definition) is 2. The smallest absolute Gasteiger partial charge is 0.224 e. The molecule has 3 rings (SSSR count). The van der Waals surface area contributed by atoms with E-state index in [1.54, 1.807) is 0 Å². The number of para-hydroxylation sites is 1. The average Bonchev–Trinajstić information content (AvgIpc) is 2.98. The molecule has 0 bridgehead atoms. The van der Waals surface area contributed by atoms with Crippen molar-refractivity contribution in [1.82, 2.24) is 10.3 Å². The van der Waals surface area contributed by atoms with Crippen LogP contribution in [0.1, 0.15) is 25.3 Å². The summed E-state index contributed by atoms with van der Waals surface area (Å²) in [4.78, 5) is 15.1. The molecule has 18 heavy (non-hydrogen) atoms. The topological polar surface area (TPSA) is 44.9 Å². The standard InChI is InChI=1S/C15H18N2O/c1-15(6-7-15)10-17-14(18)8-11-9-16-13-5-3-2-4-12(11)13/h2-5,9,16H,6-8,10H2,1H3,(H,17,18). The first kappa shape index (κ1) is 11.3. The van der Waals surface area contributed by atoms with E-state index < -0.39 is 0 Å². The molecule has 1 aliphatic rings. The van der Waals surface area contributed by atoms with Gasteiger partial charge in [0.05, 0.1) is 6.42 Å². The molecular weight excluding hydrogens is 224 g/mol. The first-order valence-corrected chi connectivity index (χ1v) is 6.48. The SMILES string of the molecule is CC1(CNC(=O)Cc2c[nH]c3ccccc23)CC1. The average molecular weight is 242 g/mol. The van der Waals surface area contributed by atoms with Crippen molar-refractivity contribution in [3.8, 4) is 0 Å². The fourth-order valence-corrected chi connectivity index (χ4v) is 2.22. The molecule has 94 valence electrons. The van der Waals surface area contributed by atoms with Crippen LogP contribution in [0.3, 0.4) is 0 Å². The molecule has 2 N–H and O–H groups in total. The summed E-state index contributed by atoms with van der Waals surface area (Å²) in [7, 11) is 0. The van der Waals surface area contributed by atoms with Crippen molar-refractivity contribution in [3.05, 3.63) is 36.0 Å². The van der Waals surface area contributed by atoms with Gasteiger partial charge in [0.25, 0.3) is 0 Å². The van der Waals surface area contributed by atoms with Crippen LogP contribution in [-0.2, 0) is 11.2 Å². The molecule has 0 radical (unpaired) electrons. The summed E-state index contributed by atoms with van der Waals surface area (Å²) >= 11 is 0. The Morgan fingerprint density at radius 2 is 2.17 bits per heavy atom. The highest BCUT2D eigenvalue weighted by atomic mass is 16.1. The Balaban J connectivity index is 1.66. The maximum absolute atomic E-state index is 11.9. The van der Waals surface area contributed by atoms with Gasteiger partial charge < -0.3 is 10.3 Å². The molecule has 3 nitrogen and oxygen atoms in total. The van der Waals surface area contributed by atoms with E-state index in [-0.39, 0.29) is 5.91 Å². The van der Waals surface area contributed by atoms with Gasteiger partial charge in [0.1, 0.15) is 0 Å². The lowest BCUT2D eigenvalue weighted by Gasteiger charge is -2.09. The first-order valence-electron chi connectivity index (χ1n) is 6.48. The number of aromatic nitrogens is 1. The number of carbonyl (C=O) groups excluding carboxylic acids is 1. The summed E-state index contributed by atoms with van der Waals surface area (Å²) in [5.41, 5.74) is 2.54. The zero-order valence-electron chi connectivity index (χ0n) is 10.6. The van der Waals surface area contributed by atoms with Crippen LogP contribution in [0.4, 0.5) is 0 Å². The lowest BCUT2D eigenvalue weighted by molar-refractivity contribution is -0.120. The second-order valence-corrected chi connectivity index (χ2v) is 5.62. The molecule has 1 aromatic carbocycles. The zero-order valence-corrected chi connectivity index (χ0v) is 10.6. The summed E-state index contributed by atoms with van der Waals surface area (Å²) < 4.78 is 0. The van der Waals surface area contributed by atoms with Crippen LogP contribution < -0.4 is 5.32 Å². The van der Waals surface area contributed by atoms with Crippen LogP contribution in [0.25, 0.3) is 10.9 Å². The Hall–Kier alpha value is -1.77. The molecule has 2 aromatic rings. The molecule has 0 atom stereocenters. The van der Waals surface area contributed by atoms with Gasteiger partial charge in [0, 0.05) is 23.6 Å². The molecule has 1 heterocycles. The number of rotatable bonds is 4. The molecule has 1 amide bonds. The molecule has 1 aromatic heterocycles. The summed E-state index contributed by atoms with van der Waals surface area (Å²) in [6.07, 6.45) is 4.86. The van der Waals surface area contributed by atoms with Crippen LogP contribution in [0.15, 0.2) is 30.5 Å². The van der Waals surface area contributed by atoms with E-state index in [2.05, 4.69) is 23.3 Å². The number of benzene rings is 1. The highest BCUT2D eigenvalue weighted by molar-refractivity contribution is 5.88. The fourth-order valence-electron chi connectivity index (χ4n) is 2.22. The highest BCUT2D eigenvalue weighted by Crippen LogP contribution is 2.44. The number of H-pyrrole nitrogens is 1. The summed E-state index contributed by atoms with van der Waals surface area (Å²) in [6.45, 7) is 3.03.